The summed E-state index contributed by atoms with van der Waals surface area (Å²) >= 11 is 0. The van der Waals surface area contributed by atoms with Crippen molar-refractivity contribution < 1.29 is 13.2 Å². The van der Waals surface area contributed by atoms with Crippen LogP contribution in [0.5, 0.6) is 0 Å². The van der Waals surface area contributed by atoms with E-state index in [1.165, 1.54) is 23.1 Å². The SMILES string of the molecule is CCc1c(Nc2cc(-n3nc(C)cc3C)ncn2)nn(CC(F)F)c1-c1ccc(F)cc1. The molecule has 0 spiro atoms. The van der Waals surface area contributed by atoms with Crippen LogP contribution in [0.25, 0.3) is 17.1 Å². The van der Waals surface area contributed by atoms with Crippen molar-refractivity contribution in [3.8, 4) is 17.1 Å². The second-order valence-electron chi connectivity index (χ2n) is 7.33. The second kappa shape index (κ2) is 8.81. The standard InChI is InChI=1S/C22H22F3N7/c1-4-17-21(15-5-7-16(23)8-6-15)31(11-18(24)25)30-22(17)28-19-10-20(27-12-26-19)32-14(3)9-13(2)29-32/h5-10,12,18H,4,11H2,1-3H3,(H,26,27,28,30). The summed E-state index contributed by atoms with van der Waals surface area (Å²) in [6.07, 6.45) is -0.673. The largest absolute Gasteiger partial charge is 0.323 e. The number of hydrogen-bond donors (Lipinski definition) is 1. The molecular formula is C22H22F3N7. The number of anilines is 2. The summed E-state index contributed by atoms with van der Waals surface area (Å²) in [6, 6.07) is 9.36. The van der Waals surface area contributed by atoms with Crippen LogP contribution in [0.4, 0.5) is 24.8 Å². The average Bonchev–Trinajstić information content (AvgIpc) is 3.26. The van der Waals surface area contributed by atoms with Crippen LogP contribution < -0.4 is 5.32 Å². The lowest BCUT2D eigenvalue weighted by Crippen LogP contribution is -2.10. The molecule has 0 saturated heterocycles. The van der Waals surface area contributed by atoms with Crippen molar-refractivity contribution in [3.63, 3.8) is 0 Å². The van der Waals surface area contributed by atoms with Crippen LogP contribution >= 0.6 is 0 Å². The van der Waals surface area contributed by atoms with Crippen molar-refractivity contribution in [2.45, 2.75) is 40.2 Å². The highest BCUT2D eigenvalue weighted by atomic mass is 19.3. The van der Waals surface area contributed by atoms with Crippen molar-refractivity contribution in [2.24, 2.45) is 0 Å². The highest BCUT2D eigenvalue weighted by molar-refractivity contribution is 5.72. The summed E-state index contributed by atoms with van der Waals surface area (Å²) in [5.41, 5.74) is 3.63. The Bertz CT molecular complexity index is 1230. The Hall–Kier alpha value is -3.69. The molecule has 32 heavy (non-hydrogen) atoms. The molecule has 0 saturated carbocycles. The third-order valence-electron chi connectivity index (χ3n) is 4.96. The van der Waals surface area contributed by atoms with E-state index in [0.29, 0.717) is 35.1 Å². The molecule has 4 aromatic rings. The number of nitrogens with one attached hydrogen (secondary N) is 1. The maximum atomic E-state index is 13.4. The molecule has 0 bridgehead atoms. The highest BCUT2D eigenvalue weighted by Crippen LogP contribution is 2.32. The van der Waals surface area contributed by atoms with Gasteiger partial charge in [-0.15, -0.1) is 0 Å². The molecule has 0 radical (unpaired) electrons. The predicted molar refractivity (Wildman–Crippen MR) is 115 cm³/mol. The van der Waals surface area contributed by atoms with E-state index >= 15 is 0 Å². The first-order valence-electron chi connectivity index (χ1n) is 10.1. The fraction of sp³-hybridized carbons (Fsp3) is 0.273. The third kappa shape index (κ3) is 4.34. The Labute approximate surface area is 182 Å². The van der Waals surface area contributed by atoms with Gasteiger partial charge in [-0.05, 0) is 50.6 Å². The van der Waals surface area contributed by atoms with Crippen LogP contribution in [0, 0.1) is 19.7 Å². The lowest BCUT2D eigenvalue weighted by atomic mass is 10.1. The monoisotopic (exact) mass is 441 g/mol. The van der Waals surface area contributed by atoms with Gasteiger partial charge in [0, 0.05) is 22.9 Å². The van der Waals surface area contributed by atoms with E-state index in [9.17, 15) is 13.2 Å². The van der Waals surface area contributed by atoms with Gasteiger partial charge in [-0.2, -0.15) is 10.2 Å². The number of rotatable bonds is 7. The van der Waals surface area contributed by atoms with Gasteiger partial charge in [-0.3, -0.25) is 4.68 Å². The predicted octanol–water partition coefficient (Wildman–Crippen LogP) is 4.85. The van der Waals surface area contributed by atoms with Crippen molar-refractivity contribution in [3.05, 3.63) is 65.5 Å². The zero-order valence-electron chi connectivity index (χ0n) is 17.9. The van der Waals surface area contributed by atoms with Gasteiger partial charge < -0.3 is 5.32 Å². The van der Waals surface area contributed by atoms with E-state index in [1.54, 1.807) is 22.9 Å². The Balaban J connectivity index is 1.75. The molecule has 0 amide bonds. The Morgan fingerprint density at radius 1 is 1.03 bits per heavy atom. The third-order valence-corrected chi connectivity index (χ3v) is 4.96. The first kappa shape index (κ1) is 21.5. The normalized spacial score (nSPS) is 11.3. The van der Waals surface area contributed by atoms with Crippen LogP contribution in [-0.2, 0) is 13.0 Å². The van der Waals surface area contributed by atoms with Gasteiger partial charge in [0.25, 0.3) is 6.43 Å². The van der Waals surface area contributed by atoms with Crippen LogP contribution in [0.3, 0.4) is 0 Å². The van der Waals surface area contributed by atoms with Gasteiger partial charge >= 0.3 is 0 Å². The smallest absolute Gasteiger partial charge is 0.257 e. The lowest BCUT2D eigenvalue weighted by molar-refractivity contribution is 0.122. The van der Waals surface area contributed by atoms with Gasteiger partial charge in [0.2, 0.25) is 0 Å². The van der Waals surface area contributed by atoms with Gasteiger partial charge in [0.15, 0.2) is 11.6 Å². The van der Waals surface area contributed by atoms with Crippen LogP contribution in [0.2, 0.25) is 0 Å². The molecule has 7 nitrogen and oxygen atoms in total. The van der Waals surface area contributed by atoms with E-state index in [1.807, 2.05) is 26.8 Å². The van der Waals surface area contributed by atoms with Crippen LogP contribution in [0.1, 0.15) is 23.9 Å². The molecule has 3 heterocycles. The van der Waals surface area contributed by atoms with E-state index in [0.717, 1.165) is 17.0 Å². The Morgan fingerprint density at radius 2 is 1.78 bits per heavy atom. The van der Waals surface area contributed by atoms with E-state index in [-0.39, 0.29) is 0 Å². The first-order valence-corrected chi connectivity index (χ1v) is 10.1. The highest BCUT2D eigenvalue weighted by Gasteiger charge is 2.21. The van der Waals surface area contributed by atoms with Gasteiger partial charge in [0.1, 0.15) is 24.5 Å². The van der Waals surface area contributed by atoms with E-state index in [4.69, 9.17) is 0 Å². The number of aromatic nitrogens is 6. The molecule has 0 atom stereocenters. The molecule has 0 fully saturated rings. The lowest BCUT2D eigenvalue weighted by Gasteiger charge is -2.09. The van der Waals surface area contributed by atoms with Crippen molar-refractivity contribution in [2.75, 3.05) is 5.32 Å². The topological polar surface area (TPSA) is 73.5 Å². The molecule has 166 valence electrons. The molecule has 1 aromatic carbocycles. The minimum Gasteiger partial charge on any atom is -0.323 e. The number of hydrogen-bond acceptors (Lipinski definition) is 5. The van der Waals surface area contributed by atoms with Crippen molar-refractivity contribution in [1.29, 1.82) is 0 Å². The molecule has 3 aromatic heterocycles. The minimum absolute atomic E-state index is 0.400. The zero-order valence-corrected chi connectivity index (χ0v) is 17.9. The number of aryl methyl sites for hydroxylation is 2. The summed E-state index contributed by atoms with van der Waals surface area (Å²) in [6.45, 7) is 5.14. The maximum Gasteiger partial charge on any atom is 0.257 e. The fourth-order valence-corrected chi connectivity index (χ4v) is 3.64. The molecule has 0 aliphatic carbocycles. The van der Waals surface area contributed by atoms with Crippen LogP contribution in [0.15, 0.2) is 42.7 Å². The summed E-state index contributed by atoms with van der Waals surface area (Å²) in [5.74, 6) is 1.02. The number of halogens is 3. The minimum atomic E-state index is -2.59. The summed E-state index contributed by atoms with van der Waals surface area (Å²) < 4.78 is 42.9. The number of nitrogens with zero attached hydrogens (tertiary/aromatic N) is 6. The molecule has 0 aliphatic rings. The second-order valence-corrected chi connectivity index (χ2v) is 7.33. The maximum absolute atomic E-state index is 13.4. The summed E-state index contributed by atoms with van der Waals surface area (Å²) in [5, 5.41) is 11.9. The molecular weight excluding hydrogens is 419 g/mol. The van der Waals surface area contributed by atoms with E-state index in [2.05, 4.69) is 25.5 Å². The summed E-state index contributed by atoms with van der Waals surface area (Å²) in [4.78, 5) is 8.52. The molecule has 1 N–H and O–H groups in total. The molecule has 0 aliphatic heterocycles. The van der Waals surface area contributed by atoms with E-state index < -0.39 is 18.8 Å². The molecule has 0 unspecified atom stereocenters. The number of benzene rings is 1. The van der Waals surface area contributed by atoms with Gasteiger partial charge in [0.05, 0.1) is 11.4 Å². The van der Waals surface area contributed by atoms with Crippen molar-refractivity contribution in [1.82, 2.24) is 29.5 Å². The average molecular weight is 441 g/mol. The first-order chi connectivity index (χ1) is 15.4. The van der Waals surface area contributed by atoms with Crippen LogP contribution in [-0.4, -0.2) is 36.0 Å². The summed E-state index contributed by atoms with van der Waals surface area (Å²) in [7, 11) is 0. The van der Waals surface area contributed by atoms with Crippen molar-refractivity contribution >= 4 is 11.6 Å². The molecule has 10 heteroatoms. The quantitative estimate of drug-likeness (QED) is 0.444. The fourth-order valence-electron chi connectivity index (χ4n) is 3.64. The van der Waals surface area contributed by atoms with Gasteiger partial charge in [-0.25, -0.2) is 27.8 Å². The Morgan fingerprint density at radius 3 is 2.41 bits per heavy atom. The zero-order chi connectivity index (χ0) is 22.8. The Kier molecular flexibility index (Phi) is 5.93. The van der Waals surface area contributed by atoms with Gasteiger partial charge in [-0.1, -0.05) is 6.92 Å². The molecule has 4 rings (SSSR count). The number of alkyl halides is 2.